The summed E-state index contributed by atoms with van der Waals surface area (Å²) in [7, 11) is 3.89. The summed E-state index contributed by atoms with van der Waals surface area (Å²) in [6, 6.07) is 14.5. The summed E-state index contributed by atoms with van der Waals surface area (Å²) in [6.45, 7) is 0. The summed E-state index contributed by atoms with van der Waals surface area (Å²) in [5.41, 5.74) is 1.96. The molecule has 0 saturated heterocycles. The number of aromatic nitrogens is 1. The number of nitrogens with zero attached hydrogens (tertiary/aromatic N) is 3. The fourth-order valence-electron chi connectivity index (χ4n) is 3.07. The van der Waals surface area contributed by atoms with Crippen LogP contribution in [0.1, 0.15) is 17.5 Å². The Labute approximate surface area is 146 Å². The van der Waals surface area contributed by atoms with Gasteiger partial charge < -0.3 is 10.0 Å². The zero-order valence-corrected chi connectivity index (χ0v) is 14.0. The number of aliphatic hydroxyl groups excluding tert-OH is 1. The molecule has 0 radical (unpaired) electrons. The molecule has 1 aliphatic rings. The van der Waals surface area contributed by atoms with Gasteiger partial charge in [0.05, 0.1) is 5.92 Å². The second kappa shape index (κ2) is 6.65. The first-order valence-corrected chi connectivity index (χ1v) is 7.90. The van der Waals surface area contributed by atoms with Crippen molar-refractivity contribution in [1.82, 2.24) is 5.32 Å². The normalized spacial score (nSPS) is 20.0. The van der Waals surface area contributed by atoms with Crippen molar-refractivity contribution in [2.75, 3.05) is 19.0 Å². The first-order valence-electron chi connectivity index (χ1n) is 7.90. The van der Waals surface area contributed by atoms with Crippen LogP contribution in [0, 0.1) is 11.3 Å². The van der Waals surface area contributed by atoms with E-state index in [9.17, 15) is 15.2 Å². The molecule has 1 aromatic heterocycles. The van der Waals surface area contributed by atoms with Crippen LogP contribution < -0.4 is 14.8 Å². The van der Waals surface area contributed by atoms with Crippen LogP contribution in [0.2, 0.25) is 0 Å². The molecule has 1 aliphatic heterocycles. The third-order valence-corrected chi connectivity index (χ3v) is 4.34. The molecule has 25 heavy (non-hydrogen) atoms. The lowest BCUT2D eigenvalue weighted by Crippen LogP contribution is -2.53. The number of nitriles is 1. The van der Waals surface area contributed by atoms with Crippen LogP contribution in [0.25, 0.3) is 0 Å². The number of allylic oxidation sites excluding steroid dienone is 1. The van der Waals surface area contributed by atoms with E-state index in [1.165, 1.54) is 0 Å². The number of anilines is 1. The third kappa shape index (κ3) is 3.04. The molecule has 126 valence electrons. The van der Waals surface area contributed by atoms with Crippen LogP contribution >= 0.6 is 0 Å². The van der Waals surface area contributed by atoms with Gasteiger partial charge in [0, 0.05) is 31.9 Å². The number of amides is 1. The Hall–Kier alpha value is -3.33. The Morgan fingerprint density at radius 3 is 2.36 bits per heavy atom. The molecule has 2 aromatic rings. The van der Waals surface area contributed by atoms with Crippen molar-refractivity contribution in [1.29, 1.82) is 5.26 Å². The van der Waals surface area contributed by atoms with Gasteiger partial charge in [-0.15, -0.1) is 0 Å². The number of carbonyl (C=O) groups is 1. The van der Waals surface area contributed by atoms with Crippen LogP contribution in [0.3, 0.4) is 0 Å². The highest BCUT2D eigenvalue weighted by atomic mass is 16.3. The van der Waals surface area contributed by atoms with Gasteiger partial charge in [-0.25, -0.2) is 0 Å². The van der Waals surface area contributed by atoms with Crippen LogP contribution in [-0.4, -0.2) is 25.1 Å². The smallest absolute Gasteiger partial charge is 0.296 e. The Bertz CT molecular complexity index is 851. The van der Waals surface area contributed by atoms with E-state index in [0.717, 1.165) is 11.3 Å². The molecular weight excluding hydrogens is 316 g/mol. The van der Waals surface area contributed by atoms with E-state index < -0.39 is 12.0 Å². The van der Waals surface area contributed by atoms with Gasteiger partial charge in [-0.05, 0) is 17.7 Å². The SMILES string of the molecule is CN(C)c1ccc([C@H]2C(C#N)=C(O)NC(=O)[C@H]2[n+]2ccccc2)cc1. The topological polar surface area (TPSA) is 80.2 Å². The second-order valence-corrected chi connectivity index (χ2v) is 6.09. The first-order chi connectivity index (χ1) is 12.0. The highest BCUT2D eigenvalue weighted by Crippen LogP contribution is 2.36. The molecule has 0 saturated carbocycles. The van der Waals surface area contributed by atoms with Gasteiger partial charge in [0.25, 0.3) is 5.91 Å². The standard InChI is InChI=1S/C19H18N4O2/c1-22(2)14-8-6-13(7-9-14)16-15(12-20)18(24)21-19(25)17(16)23-10-4-3-5-11-23/h3-11,16-17H,1-2H3,(H-,21,24,25)/p+1/t16-,17-/m0/s1. The average Bonchev–Trinajstić information content (AvgIpc) is 2.62. The Balaban J connectivity index is 2.13. The minimum atomic E-state index is -0.656. The van der Waals surface area contributed by atoms with Crippen molar-refractivity contribution in [3.63, 3.8) is 0 Å². The van der Waals surface area contributed by atoms with E-state index in [1.54, 1.807) is 17.0 Å². The maximum atomic E-state index is 12.6. The van der Waals surface area contributed by atoms with Crippen molar-refractivity contribution in [3.05, 3.63) is 71.9 Å². The number of carbonyl (C=O) groups excluding carboxylic acids is 1. The van der Waals surface area contributed by atoms with Crippen molar-refractivity contribution in [3.8, 4) is 6.07 Å². The van der Waals surface area contributed by atoms with E-state index in [4.69, 9.17) is 0 Å². The maximum Gasteiger partial charge on any atom is 0.296 e. The lowest BCUT2D eigenvalue weighted by atomic mass is 9.82. The molecule has 3 rings (SSSR count). The van der Waals surface area contributed by atoms with E-state index in [1.807, 2.05) is 61.5 Å². The molecule has 6 nitrogen and oxygen atoms in total. The Morgan fingerprint density at radius 1 is 1.16 bits per heavy atom. The van der Waals surface area contributed by atoms with E-state index in [0.29, 0.717) is 0 Å². The third-order valence-electron chi connectivity index (χ3n) is 4.34. The second-order valence-electron chi connectivity index (χ2n) is 6.09. The van der Waals surface area contributed by atoms with Gasteiger partial charge in [-0.2, -0.15) is 9.83 Å². The maximum absolute atomic E-state index is 12.6. The van der Waals surface area contributed by atoms with Crippen molar-refractivity contribution >= 4 is 11.6 Å². The number of aliphatic hydroxyl groups is 1. The molecule has 1 aromatic carbocycles. The minimum Gasteiger partial charge on any atom is -0.494 e. The van der Waals surface area contributed by atoms with Gasteiger partial charge in [0.1, 0.15) is 11.6 Å². The molecule has 0 aliphatic carbocycles. The number of rotatable bonds is 3. The van der Waals surface area contributed by atoms with Crippen LogP contribution in [0.5, 0.6) is 0 Å². The zero-order chi connectivity index (χ0) is 18.0. The van der Waals surface area contributed by atoms with Gasteiger partial charge in [0.2, 0.25) is 11.9 Å². The zero-order valence-electron chi connectivity index (χ0n) is 14.0. The number of hydrogen-bond acceptors (Lipinski definition) is 4. The summed E-state index contributed by atoms with van der Waals surface area (Å²) in [5, 5.41) is 22.0. The fraction of sp³-hybridized carbons (Fsp3) is 0.211. The Kier molecular flexibility index (Phi) is 4.40. The monoisotopic (exact) mass is 335 g/mol. The van der Waals surface area contributed by atoms with Crippen molar-refractivity contribution < 1.29 is 14.5 Å². The highest BCUT2D eigenvalue weighted by molar-refractivity contribution is 5.84. The predicted molar refractivity (Wildman–Crippen MR) is 92.6 cm³/mol. The number of hydrogen-bond donors (Lipinski definition) is 2. The lowest BCUT2D eigenvalue weighted by Gasteiger charge is -2.27. The van der Waals surface area contributed by atoms with Crippen LogP contribution in [0.4, 0.5) is 5.69 Å². The molecule has 0 bridgehead atoms. The van der Waals surface area contributed by atoms with E-state index in [-0.39, 0.29) is 17.4 Å². The van der Waals surface area contributed by atoms with E-state index in [2.05, 4.69) is 11.4 Å². The molecule has 0 fully saturated rings. The van der Waals surface area contributed by atoms with Crippen molar-refractivity contribution in [2.24, 2.45) is 0 Å². The summed E-state index contributed by atoms with van der Waals surface area (Å²) < 4.78 is 1.75. The molecule has 2 atom stereocenters. The molecule has 1 amide bonds. The quantitative estimate of drug-likeness (QED) is 0.838. The van der Waals surface area contributed by atoms with E-state index >= 15 is 0 Å². The summed E-state index contributed by atoms with van der Waals surface area (Å²) in [4.78, 5) is 14.6. The van der Waals surface area contributed by atoms with Gasteiger partial charge >= 0.3 is 0 Å². The van der Waals surface area contributed by atoms with Crippen LogP contribution in [0.15, 0.2) is 66.3 Å². The number of nitrogens with one attached hydrogen (secondary N) is 1. The first kappa shape index (κ1) is 16.5. The summed E-state index contributed by atoms with van der Waals surface area (Å²) >= 11 is 0. The van der Waals surface area contributed by atoms with Gasteiger partial charge in [-0.1, -0.05) is 18.2 Å². The minimum absolute atomic E-state index is 0.151. The molecule has 2 N–H and O–H groups in total. The molecule has 0 unspecified atom stereocenters. The summed E-state index contributed by atoms with van der Waals surface area (Å²) in [5.74, 6) is -1.29. The lowest BCUT2D eigenvalue weighted by molar-refractivity contribution is -0.711. The molecular formula is C19H19N4O2+. The largest absolute Gasteiger partial charge is 0.494 e. The molecule has 2 heterocycles. The molecule has 6 heteroatoms. The predicted octanol–water partition coefficient (Wildman–Crippen LogP) is 1.79. The Morgan fingerprint density at radius 2 is 1.80 bits per heavy atom. The number of benzene rings is 1. The van der Waals surface area contributed by atoms with Gasteiger partial charge in [-0.3, -0.25) is 10.1 Å². The van der Waals surface area contributed by atoms with Crippen LogP contribution in [-0.2, 0) is 4.79 Å². The average molecular weight is 335 g/mol. The summed E-state index contributed by atoms with van der Waals surface area (Å²) in [6.07, 6.45) is 3.56. The van der Waals surface area contributed by atoms with Crippen molar-refractivity contribution in [2.45, 2.75) is 12.0 Å². The number of pyridine rings is 1. The highest BCUT2D eigenvalue weighted by Gasteiger charge is 2.45. The molecule has 0 spiro atoms. The van der Waals surface area contributed by atoms with Gasteiger partial charge in [0.15, 0.2) is 12.4 Å². The fourth-order valence-corrected chi connectivity index (χ4v) is 3.07.